The van der Waals surface area contributed by atoms with Crippen LogP contribution < -0.4 is 11.1 Å². The predicted octanol–water partition coefficient (Wildman–Crippen LogP) is 1.86. The first-order valence-corrected chi connectivity index (χ1v) is 6.43. The number of nitro groups is 1. The third kappa shape index (κ3) is 4.38. The van der Waals surface area contributed by atoms with Gasteiger partial charge < -0.3 is 15.8 Å². The molecule has 0 spiro atoms. The molecule has 0 saturated carbocycles. The SMILES string of the molecule is CCCC(COC)NC(=O)c1cc(N)c(F)cc1[N+](=O)[O-]. The number of halogens is 1. The Balaban J connectivity index is 3.05. The van der Waals surface area contributed by atoms with Gasteiger partial charge in [-0.1, -0.05) is 13.3 Å². The van der Waals surface area contributed by atoms with Gasteiger partial charge in [-0.15, -0.1) is 0 Å². The molecule has 0 bridgehead atoms. The number of carbonyl (C=O) groups is 1. The molecule has 0 aliphatic carbocycles. The Kier molecular flexibility index (Phi) is 6.04. The zero-order chi connectivity index (χ0) is 16.0. The fraction of sp³-hybridized carbons (Fsp3) is 0.462. The Morgan fingerprint density at radius 2 is 2.24 bits per heavy atom. The molecule has 0 aliphatic rings. The van der Waals surface area contributed by atoms with Crippen LogP contribution in [0.4, 0.5) is 15.8 Å². The minimum absolute atomic E-state index is 0.267. The monoisotopic (exact) mass is 299 g/mol. The standard InChI is InChI=1S/C13H18FN3O4/c1-3-4-8(7-21-2)16-13(18)9-5-11(15)10(14)6-12(9)17(19)20/h5-6,8H,3-4,7,15H2,1-2H3,(H,16,18). The predicted molar refractivity (Wildman–Crippen MR) is 75.5 cm³/mol. The van der Waals surface area contributed by atoms with E-state index in [9.17, 15) is 19.3 Å². The van der Waals surface area contributed by atoms with Crippen molar-refractivity contribution < 1.29 is 18.8 Å². The maximum Gasteiger partial charge on any atom is 0.285 e. The zero-order valence-electron chi connectivity index (χ0n) is 11.9. The first kappa shape index (κ1) is 16.8. The van der Waals surface area contributed by atoms with Gasteiger partial charge in [-0.3, -0.25) is 14.9 Å². The molecule has 3 N–H and O–H groups in total. The number of nitrogens with zero attached hydrogens (tertiary/aromatic N) is 1. The summed E-state index contributed by atoms with van der Waals surface area (Å²) in [6.45, 7) is 2.22. The lowest BCUT2D eigenvalue weighted by Gasteiger charge is -2.17. The quantitative estimate of drug-likeness (QED) is 0.454. The molecule has 1 aromatic rings. The topological polar surface area (TPSA) is 107 Å². The number of nitrogen functional groups attached to an aromatic ring is 1. The molecule has 21 heavy (non-hydrogen) atoms. The number of methoxy groups -OCH3 is 1. The summed E-state index contributed by atoms with van der Waals surface area (Å²) >= 11 is 0. The van der Waals surface area contributed by atoms with Crippen molar-refractivity contribution in [3.05, 3.63) is 33.6 Å². The summed E-state index contributed by atoms with van der Waals surface area (Å²) in [5.74, 6) is -1.61. The number of hydrogen-bond acceptors (Lipinski definition) is 5. The van der Waals surface area contributed by atoms with Crippen LogP contribution in [0.5, 0.6) is 0 Å². The number of nitro benzene ring substituents is 1. The van der Waals surface area contributed by atoms with E-state index in [1.54, 1.807) is 0 Å². The highest BCUT2D eigenvalue weighted by Gasteiger charge is 2.24. The highest BCUT2D eigenvalue weighted by Crippen LogP contribution is 2.24. The number of amides is 1. The van der Waals surface area contributed by atoms with Gasteiger partial charge in [0, 0.05) is 7.11 Å². The molecule has 0 fully saturated rings. The van der Waals surface area contributed by atoms with Crippen molar-refractivity contribution in [1.29, 1.82) is 0 Å². The second-order valence-electron chi connectivity index (χ2n) is 4.56. The van der Waals surface area contributed by atoms with Crippen molar-refractivity contribution in [2.24, 2.45) is 0 Å². The molecule has 8 heteroatoms. The third-order valence-electron chi connectivity index (χ3n) is 2.90. The third-order valence-corrected chi connectivity index (χ3v) is 2.90. The Bertz CT molecular complexity index is 530. The van der Waals surface area contributed by atoms with Crippen LogP contribution in [0.3, 0.4) is 0 Å². The minimum atomic E-state index is -0.930. The van der Waals surface area contributed by atoms with Gasteiger partial charge in [0.1, 0.15) is 5.56 Å². The normalized spacial score (nSPS) is 12.0. The van der Waals surface area contributed by atoms with Crippen LogP contribution >= 0.6 is 0 Å². The Morgan fingerprint density at radius 3 is 2.76 bits per heavy atom. The average Bonchev–Trinajstić information content (AvgIpc) is 2.41. The van der Waals surface area contributed by atoms with Crippen LogP contribution in [-0.2, 0) is 4.74 Å². The van der Waals surface area contributed by atoms with Crippen LogP contribution in [0.2, 0.25) is 0 Å². The highest BCUT2D eigenvalue weighted by molar-refractivity contribution is 5.99. The van der Waals surface area contributed by atoms with E-state index in [1.807, 2.05) is 6.92 Å². The van der Waals surface area contributed by atoms with Crippen molar-refractivity contribution in [3.8, 4) is 0 Å². The van der Waals surface area contributed by atoms with Crippen LogP contribution in [0.15, 0.2) is 12.1 Å². The van der Waals surface area contributed by atoms with Gasteiger partial charge >= 0.3 is 0 Å². The lowest BCUT2D eigenvalue weighted by molar-refractivity contribution is -0.385. The Morgan fingerprint density at radius 1 is 1.57 bits per heavy atom. The van der Waals surface area contributed by atoms with E-state index in [-0.39, 0.29) is 23.9 Å². The number of carbonyl (C=O) groups excluding carboxylic acids is 1. The Hall–Kier alpha value is -2.22. The fourth-order valence-electron chi connectivity index (χ4n) is 1.92. The van der Waals surface area contributed by atoms with E-state index >= 15 is 0 Å². The number of nitrogens with one attached hydrogen (secondary N) is 1. The van der Waals surface area contributed by atoms with E-state index in [4.69, 9.17) is 10.5 Å². The number of anilines is 1. The molecule has 0 aliphatic heterocycles. The van der Waals surface area contributed by atoms with Crippen LogP contribution in [0.1, 0.15) is 30.1 Å². The van der Waals surface area contributed by atoms with E-state index in [2.05, 4.69) is 5.32 Å². The van der Waals surface area contributed by atoms with Crippen LogP contribution in [0.25, 0.3) is 0 Å². The molecule has 0 heterocycles. The summed E-state index contributed by atoms with van der Waals surface area (Å²) < 4.78 is 18.3. The van der Waals surface area contributed by atoms with Gasteiger partial charge in [0.25, 0.3) is 11.6 Å². The largest absolute Gasteiger partial charge is 0.396 e. The molecule has 7 nitrogen and oxygen atoms in total. The van der Waals surface area contributed by atoms with Gasteiger partial charge in [0.2, 0.25) is 0 Å². The fourth-order valence-corrected chi connectivity index (χ4v) is 1.92. The van der Waals surface area contributed by atoms with Crippen molar-refractivity contribution in [3.63, 3.8) is 0 Å². The lowest BCUT2D eigenvalue weighted by Crippen LogP contribution is -2.38. The van der Waals surface area contributed by atoms with Crippen molar-refractivity contribution >= 4 is 17.3 Å². The lowest BCUT2D eigenvalue weighted by atomic mass is 10.1. The van der Waals surface area contributed by atoms with Gasteiger partial charge in [-0.2, -0.15) is 0 Å². The highest BCUT2D eigenvalue weighted by atomic mass is 19.1. The van der Waals surface area contributed by atoms with Crippen molar-refractivity contribution in [1.82, 2.24) is 5.32 Å². The first-order valence-electron chi connectivity index (χ1n) is 6.43. The molecule has 1 rings (SSSR count). The molecule has 116 valence electrons. The number of ether oxygens (including phenoxy) is 1. The van der Waals surface area contributed by atoms with Crippen molar-refractivity contribution in [2.45, 2.75) is 25.8 Å². The summed E-state index contributed by atoms with van der Waals surface area (Å²) in [5.41, 5.74) is 4.17. The van der Waals surface area contributed by atoms with E-state index in [0.29, 0.717) is 12.5 Å². The number of rotatable bonds is 7. The number of nitrogens with two attached hydrogens (primary N) is 1. The second kappa shape index (κ2) is 7.53. The molecule has 0 radical (unpaired) electrons. The van der Waals surface area contributed by atoms with Gasteiger partial charge in [-0.05, 0) is 12.5 Å². The first-order chi connectivity index (χ1) is 9.90. The Labute approximate surface area is 121 Å². The van der Waals surface area contributed by atoms with Crippen molar-refractivity contribution in [2.75, 3.05) is 19.5 Å². The molecule has 0 saturated heterocycles. The maximum atomic E-state index is 13.3. The van der Waals surface area contributed by atoms with E-state index in [1.165, 1.54) is 7.11 Å². The summed E-state index contributed by atoms with van der Waals surface area (Å²) in [7, 11) is 1.49. The van der Waals surface area contributed by atoms with E-state index in [0.717, 1.165) is 12.5 Å². The number of benzene rings is 1. The molecule has 1 unspecified atom stereocenters. The molecule has 1 amide bonds. The van der Waals surface area contributed by atoms with Gasteiger partial charge in [-0.25, -0.2) is 4.39 Å². The zero-order valence-corrected chi connectivity index (χ0v) is 11.9. The summed E-state index contributed by atoms with van der Waals surface area (Å²) in [6.07, 6.45) is 1.46. The molecular weight excluding hydrogens is 281 g/mol. The van der Waals surface area contributed by atoms with Gasteiger partial charge in [0.15, 0.2) is 5.82 Å². The molecular formula is C13H18FN3O4. The van der Waals surface area contributed by atoms with Crippen LogP contribution in [-0.4, -0.2) is 30.6 Å². The second-order valence-corrected chi connectivity index (χ2v) is 4.56. The van der Waals surface area contributed by atoms with E-state index < -0.39 is 22.3 Å². The summed E-state index contributed by atoms with van der Waals surface area (Å²) in [5, 5.41) is 13.6. The summed E-state index contributed by atoms with van der Waals surface area (Å²) in [6, 6.07) is 1.34. The number of hydrogen-bond donors (Lipinski definition) is 2. The minimum Gasteiger partial charge on any atom is -0.396 e. The molecule has 1 atom stereocenters. The smallest absolute Gasteiger partial charge is 0.285 e. The maximum absolute atomic E-state index is 13.3. The molecule has 0 aromatic heterocycles. The molecule has 1 aromatic carbocycles. The van der Waals surface area contributed by atoms with Gasteiger partial charge in [0.05, 0.1) is 29.3 Å². The van der Waals surface area contributed by atoms with Crippen LogP contribution in [0, 0.1) is 15.9 Å². The summed E-state index contributed by atoms with van der Waals surface area (Å²) in [4.78, 5) is 22.2. The average molecular weight is 299 g/mol.